The zero-order valence-corrected chi connectivity index (χ0v) is 18.8. The molecule has 0 saturated heterocycles. The molecule has 0 aliphatic heterocycles. The van der Waals surface area contributed by atoms with Gasteiger partial charge in [0.05, 0.1) is 11.5 Å². The predicted octanol–water partition coefficient (Wildman–Crippen LogP) is 3.02. The van der Waals surface area contributed by atoms with E-state index in [0.29, 0.717) is 12.3 Å². The number of amides is 2. The highest BCUT2D eigenvalue weighted by Crippen LogP contribution is 2.27. The molecule has 6 nitrogen and oxygen atoms in total. The molecular formula is C25H32BFN2O4. The summed E-state index contributed by atoms with van der Waals surface area (Å²) in [7, 11) is -1.71. The Hall–Kier alpha value is -2.71. The lowest BCUT2D eigenvalue weighted by Gasteiger charge is -2.26. The number of carbonyl (C=O) groups excluding carboxylic acids is 2. The van der Waals surface area contributed by atoms with Crippen LogP contribution in [0.1, 0.15) is 60.9 Å². The number of benzene rings is 2. The Labute approximate surface area is 194 Å². The van der Waals surface area contributed by atoms with E-state index in [2.05, 4.69) is 10.6 Å². The molecule has 4 N–H and O–H groups in total. The third kappa shape index (κ3) is 7.68. The van der Waals surface area contributed by atoms with Gasteiger partial charge < -0.3 is 20.7 Å². The summed E-state index contributed by atoms with van der Waals surface area (Å²) in [5, 5.41) is 25.0. The summed E-state index contributed by atoms with van der Waals surface area (Å²) in [4.78, 5) is 25.8. The Morgan fingerprint density at radius 3 is 2.30 bits per heavy atom. The maximum atomic E-state index is 14.1. The maximum absolute atomic E-state index is 14.1. The fraction of sp³-hybridized carbons (Fsp3) is 0.440. The van der Waals surface area contributed by atoms with Crippen molar-refractivity contribution in [1.82, 2.24) is 10.6 Å². The number of hydrogen-bond donors (Lipinski definition) is 4. The van der Waals surface area contributed by atoms with Crippen LogP contribution in [0.5, 0.6) is 0 Å². The van der Waals surface area contributed by atoms with Crippen molar-refractivity contribution < 1.29 is 24.0 Å². The molecule has 176 valence electrons. The molecule has 3 rings (SSSR count). The molecule has 2 atom stereocenters. The lowest BCUT2D eigenvalue weighted by Crippen LogP contribution is -2.54. The van der Waals surface area contributed by atoms with Gasteiger partial charge in [0, 0.05) is 6.42 Å². The van der Waals surface area contributed by atoms with E-state index in [1.807, 2.05) is 30.3 Å². The van der Waals surface area contributed by atoms with Gasteiger partial charge in [0.2, 0.25) is 5.91 Å². The van der Waals surface area contributed by atoms with Crippen LogP contribution in [0.3, 0.4) is 0 Å². The van der Waals surface area contributed by atoms with Crippen LogP contribution in [0.4, 0.5) is 4.39 Å². The molecule has 2 aromatic carbocycles. The maximum Gasteiger partial charge on any atom is 0.475 e. The summed E-state index contributed by atoms with van der Waals surface area (Å²) >= 11 is 0. The Balaban J connectivity index is 1.69. The molecule has 0 bridgehead atoms. The molecule has 0 spiro atoms. The van der Waals surface area contributed by atoms with Crippen molar-refractivity contribution >= 4 is 18.9 Å². The largest absolute Gasteiger partial charge is 0.475 e. The van der Waals surface area contributed by atoms with Crippen LogP contribution in [-0.2, 0) is 11.2 Å². The molecule has 0 radical (unpaired) electrons. The van der Waals surface area contributed by atoms with E-state index in [1.54, 1.807) is 6.07 Å². The van der Waals surface area contributed by atoms with Gasteiger partial charge in [0.25, 0.3) is 5.91 Å². The molecule has 0 heterocycles. The fourth-order valence-electron chi connectivity index (χ4n) is 4.41. The van der Waals surface area contributed by atoms with E-state index in [-0.39, 0.29) is 12.0 Å². The molecule has 1 aliphatic carbocycles. The number of hydrogen-bond acceptors (Lipinski definition) is 4. The van der Waals surface area contributed by atoms with E-state index >= 15 is 0 Å². The fourth-order valence-corrected chi connectivity index (χ4v) is 4.41. The average Bonchev–Trinajstić information content (AvgIpc) is 2.82. The van der Waals surface area contributed by atoms with Gasteiger partial charge in [-0.1, -0.05) is 74.6 Å². The summed E-state index contributed by atoms with van der Waals surface area (Å²) in [6.07, 6.45) is 7.27. The lowest BCUT2D eigenvalue weighted by atomic mass is 9.74. The highest BCUT2D eigenvalue weighted by Gasteiger charge is 2.30. The number of rotatable bonds is 10. The van der Waals surface area contributed by atoms with Gasteiger partial charge >= 0.3 is 7.12 Å². The predicted molar refractivity (Wildman–Crippen MR) is 126 cm³/mol. The van der Waals surface area contributed by atoms with E-state index in [4.69, 9.17) is 0 Å². The second-order valence-corrected chi connectivity index (χ2v) is 8.81. The Morgan fingerprint density at radius 2 is 1.64 bits per heavy atom. The SMILES string of the molecule is O=C(N[C@@H](Cc1ccccc1)C(=O)N[C@@H](CCC1CCCCC1)B(O)O)c1ccccc1F. The monoisotopic (exact) mass is 454 g/mol. The number of halogens is 1. The Kier molecular flexibility index (Phi) is 9.45. The summed E-state index contributed by atoms with van der Waals surface area (Å²) in [5.41, 5.74) is 0.661. The molecule has 2 aromatic rings. The van der Waals surface area contributed by atoms with Gasteiger partial charge in [-0.2, -0.15) is 0 Å². The van der Waals surface area contributed by atoms with Crippen molar-refractivity contribution in [2.45, 2.75) is 63.3 Å². The molecule has 1 fully saturated rings. The summed E-state index contributed by atoms with van der Waals surface area (Å²) in [5.74, 6) is -2.23. The third-order valence-corrected chi connectivity index (χ3v) is 6.32. The van der Waals surface area contributed by atoms with Gasteiger partial charge in [-0.25, -0.2) is 4.39 Å². The topological polar surface area (TPSA) is 98.7 Å². The Bertz CT molecular complexity index is 906. The number of nitrogens with one attached hydrogen (secondary N) is 2. The van der Waals surface area contributed by atoms with Crippen molar-refractivity contribution in [2.75, 3.05) is 0 Å². The normalized spacial score (nSPS) is 16.0. The van der Waals surface area contributed by atoms with Crippen molar-refractivity contribution in [2.24, 2.45) is 5.92 Å². The van der Waals surface area contributed by atoms with Gasteiger partial charge in [-0.15, -0.1) is 0 Å². The average molecular weight is 454 g/mol. The van der Waals surface area contributed by atoms with Gasteiger partial charge in [0.1, 0.15) is 11.9 Å². The second-order valence-electron chi connectivity index (χ2n) is 8.81. The van der Waals surface area contributed by atoms with Crippen molar-refractivity contribution in [3.63, 3.8) is 0 Å². The smallest absolute Gasteiger partial charge is 0.426 e. The summed E-state index contributed by atoms with van der Waals surface area (Å²) in [6.45, 7) is 0. The van der Waals surface area contributed by atoms with Crippen LogP contribution in [0.25, 0.3) is 0 Å². The summed E-state index contributed by atoms with van der Waals surface area (Å²) < 4.78 is 14.1. The number of carbonyl (C=O) groups is 2. The summed E-state index contributed by atoms with van der Waals surface area (Å²) in [6, 6.07) is 13.7. The standard InChI is InChI=1S/C25H32BFN2O4/c27-21-14-8-7-13-20(21)24(30)28-22(17-19-11-5-2-6-12-19)25(31)29-23(26(32)33)16-15-18-9-3-1-4-10-18/h2,5-8,11-14,18,22-23,32-33H,1,3-4,9-10,15-17H2,(H,28,30)(H,29,31)/t22-,23-/m0/s1. The minimum atomic E-state index is -1.71. The first kappa shape index (κ1) is 24.9. The van der Waals surface area contributed by atoms with Crippen molar-refractivity contribution in [3.05, 3.63) is 71.5 Å². The second kappa shape index (κ2) is 12.5. The molecule has 33 heavy (non-hydrogen) atoms. The molecule has 0 aromatic heterocycles. The van der Waals surface area contributed by atoms with E-state index < -0.39 is 36.7 Å². The van der Waals surface area contributed by atoms with Crippen LogP contribution in [0, 0.1) is 11.7 Å². The molecular weight excluding hydrogens is 422 g/mol. The first-order chi connectivity index (χ1) is 15.9. The van der Waals surface area contributed by atoms with Gasteiger partial charge in [-0.3, -0.25) is 9.59 Å². The highest BCUT2D eigenvalue weighted by molar-refractivity contribution is 6.43. The minimum Gasteiger partial charge on any atom is -0.426 e. The van der Waals surface area contributed by atoms with Crippen molar-refractivity contribution in [1.29, 1.82) is 0 Å². The first-order valence-corrected chi connectivity index (χ1v) is 11.7. The Morgan fingerprint density at radius 1 is 0.970 bits per heavy atom. The van der Waals surface area contributed by atoms with E-state index in [9.17, 15) is 24.0 Å². The van der Waals surface area contributed by atoms with Crippen molar-refractivity contribution in [3.8, 4) is 0 Å². The van der Waals surface area contributed by atoms with Crippen LogP contribution >= 0.6 is 0 Å². The van der Waals surface area contributed by atoms with Crippen LogP contribution < -0.4 is 10.6 Å². The first-order valence-electron chi connectivity index (χ1n) is 11.7. The quantitative estimate of drug-likeness (QED) is 0.415. The zero-order chi connectivity index (χ0) is 23.6. The van der Waals surface area contributed by atoms with E-state index in [1.165, 1.54) is 37.5 Å². The van der Waals surface area contributed by atoms with Crippen LogP contribution in [0.15, 0.2) is 54.6 Å². The van der Waals surface area contributed by atoms with Gasteiger partial charge in [-0.05, 0) is 36.5 Å². The molecule has 2 amide bonds. The van der Waals surface area contributed by atoms with E-state index in [0.717, 1.165) is 24.8 Å². The minimum absolute atomic E-state index is 0.153. The zero-order valence-electron chi connectivity index (χ0n) is 18.8. The van der Waals surface area contributed by atoms with Crippen LogP contribution in [-0.4, -0.2) is 41.0 Å². The molecule has 0 unspecified atom stereocenters. The molecule has 1 aliphatic rings. The van der Waals surface area contributed by atoms with Crippen LogP contribution in [0.2, 0.25) is 0 Å². The third-order valence-electron chi connectivity index (χ3n) is 6.32. The molecule has 1 saturated carbocycles. The lowest BCUT2D eigenvalue weighted by molar-refractivity contribution is -0.123. The molecule has 8 heteroatoms. The highest BCUT2D eigenvalue weighted by atomic mass is 19.1. The van der Waals surface area contributed by atoms with Gasteiger partial charge in [0.15, 0.2) is 0 Å².